The Hall–Kier alpha value is -1.72. The molecule has 31 heavy (non-hydrogen) atoms. The van der Waals surface area contributed by atoms with E-state index < -0.39 is 6.04 Å². The van der Waals surface area contributed by atoms with Crippen LogP contribution in [0.5, 0.6) is 0 Å². The van der Waals surface area contributed by atoms with E-state index in [4.69, 9.17) is 5.73 Å². The lowest BCUT2D eigenvalue weighted by molar-refractivity contribution is -0.129. The van der Waals surface area contributed by atoms with E-state index >= 15 is 0 Å². The average molecular weight is 439 g/mol. The summed E-state index contributed by atoms with van der Waals surface area (Å²) in [6.45, 7) is 9.33. The fraction of sp³-hybridized carbons (Fsp3) is 0.840. The van der Waals surface area contributed by atoms with Crippen molar-refractivity contribution in [3.8, 4) is 0 Å². The molecule has 0 spiro atoms. The molecule has 0 aliphatic carbocycles. The van der Waals surface area contributed by atoms with Gasteiger partial charge < -0.3 is 21.7 Å². The van der Waals surface area contributed by atoms with Gasteiger partial charge in [0.15, 0.2) is 0 Å². The van der Waals surface area contributed by atoms with E-state index in [-0.39, 0.29) is 11.8 Å². The van der Waals surface area contributed by atoms with Crippen molar-refractivity contribution >= 4 is 11.8 Å². The van der Waals surface area contributed by atoms with Crippen LogP contribution in [-0.4, -0.2) is 30.9 Å². The number of hydrogen-bond donors (Lipinski definition) is 4. The molecule has 0 radical (unpaired) electrons. The summed E-state index contributed by atoms with van der Waals surface area (Å²) in [6, 6.07) is -0.481. The molecule has 0 rings (SSSR count). The van der Waals surface area contributed by atoms with Gasteiger partial charge >= 0.3 is 0 Å². The Morgan fingerprint density at radius 2 is 1.26 bits per heavy atom. The van der Waals surface area contributed by atoms with E-state index in [0.717, 1.165) is 32.1 Å². The van der Waals surface area contributed by atoms with Gasteiger partial charge in [0.1, 0.15) is 6.04 Å². The van der Waals surface area contributed by atoms with Crippen LogP contribution in [0.3, 0.4) is 0 Å². The molecule has 0 heterocycles. The number of carbonyl (C=O) groups excluding carboxylic acids is 2. The van der Waals surface area contributed by atoms with Gasteiger partial charge in [0.25, 0.3) is 0 Å². The first kappa shape index (κ1) is 29.3. The number of rotatable bonds is 22. The lowest BCUT2D eigenvalue weighted by atomic mass is 10.1. The minimum Gasteiger partial charge on any atom is -0.386 e. The third-order valence-electron chi connectivity index (χ3n) is 5.51. The van der Waals surface area contributed by atoms with Crippen molar-refractivity contribution < 1.29 is 9.59 Å². The number of hydrogen-bond acceptors (Lipinski definition) is 4. The third-order valence-corrected chi connectivity index (χ3v) is 5.51. The topological polar surface area (TPSA) is 96.2 Å². The van der Waals surface area contributed by atoms with Gasteiger partial charge in [-0.2, -0.15) is 0 Å². The Kier molecular flexibility index (Phi) is 20.3. The first-order chi connectivity index (χ1) is 15.0. The molecule has 0 bridgehead atoms. The number of amides is 2. The lowest BCUT2D eigenvalue weighted by Crippen LogP contribution is -2.47. The van der Waals surface area contributed by atoms with Crippen LogP contribution < -0.4 is 21.7 Å². The molecular formula is C25H50N4O2. The van der Waals surface area contributed by atoms with E-state index in [0.29, 0.717) is 31.8 Å². The van der Waals surface area contributed by atoms with Crippen molar-refractivity contribution in [1.82, 2.24) is 16.0 Å². The fourth-order valence-corrected chi connectivity index (χ4v) is 3.57. The highest BCUT2D eigenvalue weighted by Crippen LogP contribution is 2.10. The molecule has 1 unspecified atom stereocenters. The van der Waals surface area contributed by atoms with Gasteiger partial charge in [-0.05, 0) is 25.7 Å². The van der Waals surface area contributed by atoms with Gasteiger partial charge in [-0.15, -0.1) is 0 Å². The second-order valence-electron chi connectivity index (χ2n) is 8.64. The summed E-state index contributed by atoms with van der Waals surface area (Å²) in [6.07, 6.45) is 17.3. The largest absolute Gasteiger partial charge is 0.386 e. The van der Waals surface area contributed by atoms with Crippen molar-refractivity contribution in [3.05, 3.63) is 12.4 Å². The van der Waals surface area contributed by atoms with E-state index in [1.165, 1.54) is 57.8 Å². The smallest absolute Gasteiger partial charge is 0.242 e. The molecule has 6 heteroatoms. The fourth-order valence-electron chi connectivity index (χ4n) is 3.57. The molecule has 5 N–H and O–H groups in total. The SMILES string of the molecule is C=C(N)NCCCC(NC(=O)CCCCCCCCCCC)C(=O)NCCCCCC. The van der Waals surface area contributed by atoms with Crippen molar-refractivity contribution in [2.45, 2.75) is 123 Å². The lowest BCUT2D eigenvalue weighted by Gasteiger charge is -2.19. The highest BCUT2D eigenvalue weighted by atomic mass is 16.2. The van der Waals surface area contributed by atoms with Crippen LogP contribution >= 0.6 is 0 Å². The number of carbonyl (C=O) groups is 2. The predicted octanol–water partition coefficient (Wildman–Crippen LogP) is 4.89. The average Bonchev–Trinajstić information content (AvgIpc) is 2.74. The molecule has 0 aliphatic rings. The Morgan fingerprint density at radius 1 is 0.742 bits per heavy atom. The molecule has 6 nitrogen and oxygen atoms in total. The quantitative estimate of drug-likeness (QED) is 0.181. The zero-order valence-corrected chi connectivity index (χ0v) is 20.4. The van der Waals surface area contributed by atoms with E-state index in [1.54, 1.807) is 0 Å². The monoisotopic (exact) mass is 438 g/mol. The van der Waals surface area contributed by atoms with Gasteiger partial charge in [0, 0.05) is 19.5 Å². The van der Waals surface area contributed by atoms with Crippen molar-refractivity contribution in [3.63, 3.8) is 0 Å². The van der Waals surface area contributed by atoms with Gasteiger partial charge in [0.2, 0.25) is 11.8 Å². The van der Waals surface area contributed by atoms with Gasteiger partial charge in [0.05, 0.1) is 5.82 Å². The van der Waals surface area contributed by atoms with Crippen LogP contribution in [0.25, 0.3) is 0 Å². The molecular weight excluding hydrogens is 388 g/mol. The van der Waals surface area contributed by atoms with E-state index in [1.807, 2.05) is 0 Å². The van der Waals surface area contributed by atoms with Gasteiger partial charge in [-0.1, -0.05) is 91.1 Å². The maximum atomic E-state index is 12.6. The Morgan fingerprint density at radius 3 is 1.84 bits per heavy atom. The second kappa shape index (κ2) is 21.5. The maximum absolute atomic E-state index is 12.6. The molecule has 1 atom stereocenters. The molecule has 0 saturated carbocycles. The summed E-state index contributed by atoms with van der Waals surface area (Å²) >= 11 is 0. The first-order valence-corrected chi connectivity index (χ1v) is 12.8. The standard InChI is InChI=1S/C25H50N4O2/c1-4-6-8-10-11-12-13-14-15-19-24(30)29-23(18-17-21-27-22(3)26)25(31)28-20-16-9-7-5-2/h23,27H,3-21,26H2,1-2H3,(H,28,31)(H,29,30). The minimum absolute atomic E-state index is 0.0229. The second-order valence-corrected chi connectivity index (χ2v) is 8.64. The normalized spacial score (nSPS) is 11.7. The van der Waals surface area contributed by atoms with Crippen molar-refractivity contribution in [2.75, 3.05) is 13.1 Å². The summed E-state index contributed by atoms with van der Waals surface area (Å²) in [5.41, 5.74) is 5.52. The molecule has 0 aliphatic heterocycles. The van der Waals surface area contributed by atoms with Crippen molar-refractivity contribution in [2.24, 2.45) is 5.73 Å². The highest BCUT2D eigenvalue weighted by molar-refractivity contribution is 5.87. The maximum Gasteiger partial charge on any atom is 0.242 e. The molecule has 2 amide bonds. The van der Waals surface area contributed by atoms with Crippen LogP contribution in [0.15, 0.2) is 12.4 Å². The van der Waals surface area contributed by atoms with Crippen LogP contribution in [0, 0.1) is 0 Å². The summed E-state index contributed by atoms with van der Waals surface area (Å²) in [5, 5.41) is 8.90. The summed E-state index contributed by atoms with van der Waals surface area (Å²) in [4.78, 5) is 25.0. The number of nitrogens with two attached hydrogens (primary N) is 1. The van der Waals surface area contributed by atoms with Gasteiger partial charge in [-0.25, -0.2) is 0 Å². The van der Waals surface area contributed by atoms with Crippen molar-refractivity contribution in [1.29, 1.82) is 0 Å². The minimum atomic E-state index is -0.481. The molecule has 0 aromatic carbocycles. The van der Waals surface area contributed by atoms with E-state index in [2.05, 4.69) is 36.4 Å². The summed E-state index contributed by atoms with van der Waals surface area (Å²) in [5.74, 6) is 0.320. The molecule has 0 fully saturated rings. The molecule has 0 saturated heterocycles. The molecule has 0 aromatic heterocycles. The predicted molar refractivity (Wildman–Crippen MR) is 131 cm³/mol. The van der Waals surface area contributed by atoms with Gasteiger partial charge in [-0.3, -0.25) is 9.59 Å². The molecule has 0 aromatic rings. The zero-order valence-electron chi connectivity index (χ0n) is 20.4. The first-order valence-electron chi connectivity index (χ1n) is 12.8. The zero-order chi connectivity index (χ0) is 23.2. The van der Waals surface area contributed by atoms with Crippen LogP contribution in [0.2, 0.25) is 0 Å². The van der Waals surface area contributed by atoms with E-state index in [9.17, 15) is 9.59 Å². The highest BCUT2D eigenvalue weighted by Gasteiger charge is 2.19. The van der Waals surface area contributed by atoms with Crippen LogP contribution in [0.1, 0.15) is 117 Å². The Balaban J connectivity index is 4.16. The van der Waals surface area contributed by atoms with Crippen LogP contribution in [-0.2, 0) is 9.59 Å². The molecule has 182 valence electrons. The van der Waals surface area contributed by atoms with Crippen LogP contribution in [0.4, 0.5) is 0 Å². The Labute approximate surface area is 191 Å². The summed E-state index contributed by atoms with van der Waals surface area (Å²) < 4.78 is 0. The third kappa shape index (κ3) is 20.0. The Bertz CT molecular complexity index is 468. The number of unbranched alkanes of at least 4 members (excludes halogenated alkanes) is 11. The summed E-state index contributed by atoms with van der Waals surface area (Å²) in [7, 11) is 0. The number of nitrogens with one attached hydrogen (secondary N) is 3.